The summed E-state index contributed by atoms with van der Waals surface area (Å²) in [6.45, 7) is 3.66. The lowest BCUT2D eigenvalue weighted by Gasteiger charge is -2.16. The lowest BCUT2D eigenvalue weighted by molar-refractivity contribution is 0.153. The highest BCUT2D eigenvalue weighted by molar-refractivity contribution is 6.32. The van der Waals surface area contributed by atoms with E-state index in [1.165, 1.54) is 0 Å². The number of aryl methyl sites for hydroxylation is 1. The summed E-state index contributed by atoms with van der Waals surface area (Å²) in [6.07, 6.45) is -0.688. The number of hydrogen-bond donors (Lipinski definition) is 2. The monoisotopic (exact) mass is 199 g/mol. The minimum Gasteiger partial charge on any atom is -0.387 e. The first-order valence-electron chi connectivity index (χ1n) is 4.22. The molecule has 0 unspecified atom stereocenters. The molecule has 3 heteroatoms. The molecule has 3 N–H and O–H groups in total. The summed E-state index contributed by atoms with van der Waals surface area (Å²) in [5.74, 6) is 0. The van der Waals surface area contributed by atoms with E-state index < -0.39 is 6.10 Å². The van der Waals surface area contributed by atoms with Gasteiger partial charge in [0.1, 0.15) is 0 Å². The topological polar surface area (TPSA) is 46.2 Å². The highest BCUT2D eigenvalue weighted by atomic mass is 35.5. The van der Waals surface area contributed by atoms with Crippen LogP contribution < -0.4 is 5.73 Å². The molecule has 0 aliphatic heterocycles. The molecule has 0 saturated heterocycles. The van der Waals surface area contributed by atoms with Crippen molar-refractivity contribution in [1.82, 2.24) is 0 Å². The van der Waals surface area contributed by atoms with Gasteiger partial charge in [0.05, 0.1) is 6.10 Å². The Hall–Kier alpha value is -0.570. The molecule has 0 radical (unpaired) electrons. The molecule has 13 heavy (non-hydrogen) atoms. The Balaban J connectivity index is 3.07. The molecule has 0 aliphatic carbocycles. The Morgan fingerprint density at radius 3 is 2.62 bits per heavy atom. The fourth-order valence-electron chi connectivity index (χ4n) is 1.18. The molecule has 0 heterocycles. The average molecular weight is 200 g/mol. The maximum absolute atomic E-state index is 9.69. The van der Waals surface area contributed by atoms with Crippen LogP contribution in [0.15, 0.2) is 18.2 Å². The number of nitrogens with two attached hydrogens (primary N) is 1. The number of rotatable bonds is 2. The Bertz CT molecular complexity index is 299. The predicted molar refractivity (Wildman–Crippen MR) is 54.8 cm³/mol. The zero-order chi connectivity index (χ0) is 10.0. The van der Waals surface area contributed by atoms with Crippen LogP contribution in [0.1, 0.15) is 24.2 Å². The molecule has 0 bridgehead atoms. The lowest BCUT2D eigenvalue weighted by atomic mass is 10.0. The van der Waals surface area contributed by atoms with Crippen LogP contribution in [0.5, 0.6) is 0 Å². The van der Waals surface area contributed by atoms with Gasteiger partial charge in [-0.2, -0.15) is 0 Å². The van der Waals surface area contributed by atoms with Crippen molar-refractivity contribution in [2.45, 2.75) is 26.0 Å². The zero-order valence-corrected chi connectivity index (χ0v) is 8.55. The quantitative estimate of drug-likeness (QED) is 0.766. The van der Waals surface area contributed by atoms with Crippen LogP contribution >= 0.6 is 11.6 Å². The first-order valence-corrected chi connectivity index (χ1v) is 4.60. The Kier molecular flexibility index (Phi) is 3.31. The summed E-state index contributed by atoms with van der Waals surface area (Å²) in [5.41, 5.74) is 7.24. The molecular weight excluding hydrogens is 186 g/mol. The first-order chi connectivity index (χ1) is 6.04. The van der Waals surface area contributed by atoms with E-state index in [4.69, 9.17) is 17.3 Å². The van der Waals surface area contributed by atoms with E-state index in [1.807, 2.05) is 19.1 Å². The first kappa shape index (κ1) is 10.5. The third-order valence-electron chi connectivity index (χ3n) is 2.04. The van der Waals surface area contributed by atoms with Crippen molar-refractivity contribution in [3.05, 3.63) is 34.3 Å². The van der Waals surface area contributed by atoms with Crippen molar-refractivity contribution in [1.29, 1.82) is 0 Å². The van der Waals surface area contributed by atoms with E-state index in [1.54, 1.807) is 13.0 Å². The highest BCUT2D eigenvalue weighted by Crippen LogP contribution is 2.27. The van der Waals surface area contributed by atoms with E-state index in [0.29, 0.717) is 10.6 Å². The molecule has 0 fully saturated rings. The number of halogens is 1. The largest absolute Gasteiger partial charge is 0.387 e. The van der Waals surface area contributed by atoms with Crippen LogP contribution in [-0.4, -0.2) is 11.1 Å². The molecular formula is C10H14ClNO. The fraction of sp³-hybridized carbons (Fsp3) is 0.400. The van der Waals surface area contributed by atoms with Gasteiger partial charge in [-0.3, -0.25) is 0 Å². The van der Waals surface area contributed by atoms with Gasteiger partial charge in [-0.25, -0.2) is 0 Å². The second-order valence-electron chi connectivity index (χ2n) is 3.28. The van der Waals surface area contributed by atoms with Gasteiger partial charge >= 0.3 is 0 Å². The van der Waals surface area contributed by atoms with Gasteiger partial charge in [-0.1, -0.05) is 29.8 Å². The highest BCUT2D eigenvalue weighted by Gasteiger charge is 2.15. The van der Waals surface area contributed by atoms with Gasteiger partial charge in [-0.15, -0.1) is 0 Å². The second kappa shape index (κ2) is 4.09. The van der Waals surface area contributed by atoms with Crippen molar-refractivity contribution in [3.8, 4) is 0 Å². The van der Waals surface area contributed by atoms with Gasteiger partial charge in [0.15, 0.2) is 0 Å². The predicted octanol–water partition coefficient (Wildman–Crippen LogP) is 2.03. The third-order valence-corrected chi connectivity index (χ3v) is 2.55. The standard InChI is InChI=1S/C10H14ClNO/c1-6-4-3-5-8(9(6)11)10(13)7(2)12/h3-5,7,10,13H,12H2,1-2H3/t7-,10-/m0/s1. The summed E-state index contributed by atoms with van der Waals surface area (Å²) in [6, 6.07) is 5.25. The van der Waals surface area contributed by atoms with Crippen molar-refractivity contribution in [2.75, 3.05) is 0 Å². The summed E-state index contributed by atoms with van der Waals surface area (Å²) < 4.78 is 0. The molecule has 0 saturated carbocycles. The maximum atomic E-state index is 9.69. The summed E-state index contributed by atoms with van der Waals surface area (Å²) in [7, 11) is 0. The molecule has 1 aromatic carbocycles. The number of aliphatic hydroxyl groups is 1. The minimum absolute atomic E-state index is 0.306. The average Bonchev–Trinajstić information content (AvgIpc) is 2.08. The molecule has 0 amide bonds. The van der Waals surface area contributed by atoms with Crippen molar-refractivity contribution < 1.29 is 5.11 Å². The van der Waals surface area contributed by atoms with E-state index in [-0.39, 0.29) is 6.04 Å². The normalized spacial score (nSPS) is 15.5. The van der Waals surface area contributed by atoms with Gasteiger partial charge in [0, 0.05) is 16.6 Å². The molecule has 1 rings (SSSR count). The molecule has 0 spiro atoms. The summed E-state index contributed by atoms with van der Waals surface area (Å²) in [4.78, 5) is 0. The number of hydrogen-bond acceptors (Lipinski definition) is 2. The summed E-state index contributed by atoms with van der Waals surface area (Å²) in [5, 5.41) is 10.3. The van der Waals surface area contributed by atoms with Gasteiger partial charge < -0.3 is 10.8 Å². The number of aliphatic hydroxyl groups excluding tert-OH is 1. The van der Waals surface area contributed by atoms with E-state index in [9.17, 15) is 5.11 Å². The van der Waals surface area contributed by atoms with Gasteiger partial charge in [-0.05, 0) is 19.4 Å². The second-order valence-corrected chi connectivity index (χ2v) is 3.66. The fourth-order valence-corrected chi connectivity index (χ4v) is 1.42. The van der Waals surface area contributed by atoms with Crippen LogP contribution in [0, 0.1) is 6.92 Å². The molecule has 2 nitrogen and oxygen atoms in total. The van der Waals surface area contributed by atoms with E-state index >= 15 is 0 Å². The minimum atomic E-state index is -0.688. The van der Waals surface area contributed by atoms with Crippen LogP contribution in [0.3, 0.4) is 0 Å². The number of benzene rings is 1. The third kappa shape index (κ3) is 2.21. The van der Waals surface area contributed by atoms with Crippen LogP contribution in [0.25, 0.3) is 0 Å². The van der Waals surface area contributed by atoms with E-state index in [2.05, 4.69) is 0 Å². The molecule has 2 atom stereocenters. The molecule has 0 aliphatic rings. The Morgan fingerprint density at radius 2 is 2.08 bits per heavy atom. The van der Waals surface area contributed by atoms with Crippen LogP contribution in [-0.2, 0) is 0 Å². The van der Waals surface area contributed by atoms with Gasteiger partial charge in [0.2, 0.25) is 0 Å². The maximum Gasteiger partial charge on any atom is 0.0952 e. The molecule has 0 aromatic heterocycles. The van der Waals surface area contributed by atoms with Crippen molar-refractivity contribution in [3.63, 3.8) is 0 Å². The zero-order valence-electron chi connectivity index (χ0n) is 7.79. The SMILES string of the molecule is Cc1cccc([C@@H](O)[C@H](C)N)c1Cl. The molecule has 1 aromatic rings. The lowest BCUT2D eigenvalue weighted by Crippen LogP contribution is -2.24. The Labute approximate surface area is 83.3 Å². The Morgan fingerprint density at radius 1 is 1.46 bits per heavy atom. The van der Waals surface area contributed by atoms with Crippen LogP contribution in [0.4, 0.5) is 0 Å². The smallest absolute Gasteiger partial charge is 0.0952 e. The van der Waals surface area contributed by atoms with E-state index in [0.717, 1.165) is 5.56 Å². The van der Waals surface area contributed by atoms with Gasteiger partial charge in [0.25, 0.3) is 0 Å². The molecule has 72 valence electrons. The van der Waals surface area contributed by atoms with Crippen molar-refractivity contribution in [2.24, 2.45) is 5.73 Å². The van der Waals surface area contributed by atoms with Crippen molar-refractivity contribution >= 4 is 11.6 Å². The van der Waals surface area contributed by atoms with Crippen LogP contribution in [0.2, 0.25) is 5.02 Å². The summed E-state index contributed by atoms with van der Waals surface area (Å²) >= 11 is 6.02.